The summed E-state index contributed by atoms with van der Waals surface area (Å²) >= 11 is 0. The van der Waals surface area contributed by atoms with E-state index in [0.717, 1.165) is 26.1 Å². The number of rotatable bonds is 0. The van der Waals surface area contributed by atoms with Crippen LogP contribution in [0.3, 0.4) is 0 Å². The van der Waals surface area contributed by atoms with Gasteiger partial charge in [0.05, 0.1) is 13.2 Å². The lowest BCUT2D eigenvalue weighted by atomic mass is 9.79. The fourth-order valence-electron chi connectivity index (χ4n) is 3.36. The van der Waals surface area contributed by atoms with Gasteiger partial charge in [-0.2, -0.15) is 0 Å². The minimum absolute atomic E-state index is 0.214. The van der Waals surface area contributed by atoms with Crippen LogP contribution in [-0.2, 0) is 9.47 Å². The summed E-state index contributed by atoms with van der Waals surface area (Å²) in [6, 6.07) is 0. The third-order valence-corrected chi connectivity index (χ3v) is 4.51. The third-order valence-electron chi connectivity index (χ3n) is 4.51. The Morgan fingerprint density at radius 1 is 1.07 bits per heavy atom. The molecule has 0 aromatic carbocycles. The minimum Gasteiger partial charge on any atom is -0.348 e. The number of hydrogen-bond donors (Lipinski definition) is 0. The first-order valence-electron chi connectivity index (χ1n) is 6.20. The van der Waals surface area contributed by atoms with Crippen molar-refractivity contribution in [1.29, 1.82) is 0 Å². The zero-order valence-electron chi connectivity index (χ0n) is 9.55. The standard InChI is InChI=1S/C13H20O2/c1-12-5-2-3-11(12)4-6-13(8-7-12)14-9-10-15-13/h3H,2,4-10H2,1H3. The Morgan fingerprint density at radius 2 is 1.87 bits per heavy atom. The zero-order valence-corrected chi connectivity index (χ0v) is 9.55. The van der Waals surface area contributed by atoms with Crippen LogP contribution >= 0.6 is 0 Å². The second-order valence-electron chi connectivity index (χ2n) is 5.44. The van der Waals surface area contributed by atoms with Gasteiger partial charge in [0.15, 0.2) is 5.79 Å². The molecule has 1 heterocycles. The van der Waals surface area contributed by atoms with Crippen LogP contribution < -0.4 is 0 Å². The molecular weight excluding hydrogens is 188 g/mol. The van der Waals surface area contributed by atoms with Crippen molar-refractivity contribution < 1.29 is 9.47 Å². The van der Waals surface area contributed by atoms with Crippen molar-refractivity contribution in [3.8, 4) is 0 Å². The fraction of sp³-hybridized carbons (Fsp3) is 0.846. The zero-order chi connectivity index (χ0) is 10.4. The molecule has 2 nitrogen and oxygen atoms in total. The third kappa shape index (κ3) is 1.55. The van der Waals surface area contributed by atoms with Gasteiger partial charge in [-0.05, 0) is 31.1 Å². The van der Waals surface area contributed by atoms with E-state index < -0.39 is 0 Å². The minimum atomic E-state index is -0.214. The first kappa shape index (κ1) is 9.86. The predicted molar refractivity (Wildman–Crippen MR) is 58.5 cm³/mol. The molecule has 3 aliphatic rings. The molecule has 0 bridgehead atoms. The number of fused-ring (bicyclic) bond motifs is 1. The topological polar surface area (TPSA) is 18.5 Å². The highest BCUT2D eigenvalue weighted by molar-refractivity contribution is 5.21. The first-order chi connectivity index (χ1) is 7.23. The van der Waals surface area contributed by atoms with Crippen molar-refractivity contribution in [2.45, 2.75) is 51.2 Å². The molecule has 1 saturated carbocycles. The number of ether oxygens (including phenoxy) is 2. The summed E-state index contributed by atoms with van der Waals surface area (Å²) in [5.41, 5.74) is 2.12. The van der Waals surface area contributed by atoms with E-state index in [0.29, 0.717) is 5.41 Å². The van der Waals surface area contributed by atoms with Gasteiger partial charge in [-0.1, -0.05) is 18.6 Å². The molecule has 0 N–H and O–H groups in total. The molecule has 0 aromatic rings. The molecule has 1 spiro atoms. The van der Waals surface area contributed by atoms with Crippen molar-refractivity contribution in [3.63, 3.8) is 0 Å². The van der Waals surface area contributed by atoms with E-state index in [4.69, 9.17) is 9.47 Å². The average molecular weight is 208 g/mol. The summed E-state index contributed by atoms with van der Waals surface area (Å²) in [6.07, 6.45) is 9.62. The monoisotopic (exact) mass is 208 g/mol. The van der Waals surface area contributed by atoms with Gasteiger partial charge in [-0.3, -0.25) is 0 Å². The predicted octanol–water partition coefficient (Wildman–Crippen LogP) is 3.03. The average Bonchev–Trinajstić information content (AvgIpc) is 2.79. The molecule has 1 atom stereocenters. The van der Waals surface area contributed by atoms with Crippen LogP contribution in [-0.4, -0.2) is 19.0 Å². The number of hydrogen-bond acceptors (Lipinski definition) is 2. The highest BCUT2D eigenvalue weighted by Gasteiger charge is 2.44. The molecule has 84 valence electrons. The molecule has 0 amide bonds. The van der Waals surface area contributed by atoms with Crippen molar-refractivity contribution in [1.82, 2.24) is 0 Å². The summed E-state index contributed by atoms with van der Waals surface area (Å²) in [4.78, 5) is 0. The van der Waals surface area contributed by atoms with Crippen LogP contribution in [0, 0.1) is 5.41 Å². The summed E-state index contributed by atoms with van der Waals surface area (Å²) in [7, 11) is 0. The van der Waals surface area contributed by atoms with Gasteiger partial charge in [-0.25, -0.2) is 0 Å². The molecular formula is C13H20O2. The van der Waals surface area contributed by atoms with E-state index in [9.17, 15) is 0 Å². The Labute approximate surface area is 91.6 Å². The molecule has 1 aliphatic heterocycles. The molecule has 2 fully saturated rings. The fourth-order valence-corrected chi connectivity index (χ4v) is 3.36. The van der Waals surface area contributed by atoms with E-state index in [-0.39, 0.29) is 5.79 Å². The molecule has 2 aliphatic carbocycles. The second kappa shape index (κ2) is 3.33. The second-order valence-corrected chi connectivity index (χ2v) is 5.44. The Balaban J connectivity index is 1.81. The van der Waals surface area contributed by atoms with Crippen LogP contribution in [0.1, 0.15) is 45.4 Å². The summed E-state index contributed by atoms with van der Waals surface area (Å²) in [6.45, 7) is 3.99. The van der Waals surface area contributed by atoms with Gasteiger partial charge in [0.2, 0.25) is 0 Å². The largest absolute Gasteiger partial charge is 0.348 e. The molecule has 0 radical (unpaired) electrons. The van der Waals surface area contributed by atoms with Gasteiger partial charge < -0.3 is 9.47 Å². The van der Waals surface area contributed by atoms with E-state index in [1.54, 1.807) is 5.57 Å². The first-order valence-corrected chi connectivity index (χ1v) is 6.20. The smallest absolute Gasteiger partial charge is 0.168 e. The quantitative estimate of drug-likeness (QED) is 0.570. The van der Waals surface area contributed by atoms with Gasteiger partial charge >= 0.3 is 0 Å². The summed E-state index contributed by atoms with van der Waals surface area (Å²) in [5.74, 6) is -0.214. The van der Waals surface area contributed by atoms with E-state index in [1.165, 1.54) is 25.7 Å². The van der Waals surface area contributed by atoms with Crippen molar-refractivity contribution in [3.05, 3.63) is 11.6 Å². The van der Waals surface area contributed by atoms with Crippen molar-refractivity contribution in [2.24, 2.45) is 5.41 Å². The SMILES string of the molecule is CC12CCC=C1CCC1(CC2)OCCO1. The lowest BCUT2D eigenvalue weighted by Gasteiger charge is -2.28. The maximum absolute atomic E-state index is 5.82. The highest BCUT2D eigenvalue weighted by Crippen LogP contribution is 2.50. The van der Waals surface area contributed by atoms with Crippen LogP contribution in [0.2, 0.25) is 0 Å². The lowest BCUT2D eigenvalue weighted by molar-refractivity contribution is -0.166. The maximum Gasteiger partial charge on any atom is 0.168 e. The van der Waals surface area contributed by atoms with Gasteiger partial charge in [0.25, 0.3) is 0 Å². The summed E-state index contributed by atoms with van der Waals surface area (Å²) < 4.78 is 11.6. The Hall–Kier alpha value is -0.340. The van der Waals surface area contributed by atoms with Crippen LogP contribution in [0.25, 0.3) is 0 Å². The lowest BCUT2D eigenvalue weighted by Crippen LogP contribution is -2.29. The molecule has 0 aromatic heterocycles. The molecule has 2 heteroatoms. The Morgan fingerprint density at radius 3 is 2.67 bits per heavy atom. The van der Waals surface area contributed by atoms with Crippen LogP contribution in [0.5, 0.6) is 0 Å². The van der Waals surface area contributed by atoms with Gasteiger partial charge in [0, 0.05) is 12.8 Å². The van der Waals surface area contributed by atoms with Gasteiger partial charge in [-0.15, -0.1) is 0 Å². The Kier molecular flexibility index (Phi) is 2.18. The highest BCUT2D eigenvalue weighted by atomic mass is 16.7. The number of allylic oxidation sites excluding steroid dienone is 2. The van der Waals surface area contributed by atoms with Crippen molar-refractivity contribution in [2.75, 3.05) is 13.2 Å². The van der Waals surface area contributed by atoms with Gasteiger partial charge in [0.1, 0.15) is 0 Å². The molecule has 15 heavy (non-hydrogen) atoms. The molecule has 1 unspecified atom stereocenters. The van der Waals surface area contributed by atoms with E-state index in [2.05, 4.69) is 13.0 Å². The van der Waals surface area contributed by atoms with E-state index in [1.807, 2.05) is 0 Å². The van der Waals surface area contributed by atoms with Crippen molar-refractivity contribution >= 4 is 0 Å². The van der Waals surface area contributed by atoms with E-state index >= 15 is 0 Å². The Bertz CT molecular complexity index is 289. The molecule has 1 saturated heterocycles. The van der Waals surface area contributed by atoms with Crippen LogP contribution in [0.4, 0.5) is 0 Å². The molecule has 3 rings (SSSR count). The normalized spacial score (nSPS) is 38.9. The maximum atomic E-state index is 5.82. The van der Waals surface area contributed by atoms with Crippen LogP contribution in [0.15, 0.2) is 11.6 Å². The summed E-state index contributed by atoms with van der Waals surface area (Å²) in [5, 5.41) is 0.